The molecule has 33 heavy (non-hydrogen) atoms. The molecule has 1 aromatic heterocycles. The zero-order valence-electron chi connectivity index (χ0n) is 19.1. The SMILES string of the molecule is COC(=O)c1ccc(C(=O)N2CCc3nnc(CCNC(=O)C4CCCCC4)n3CC2)cc1. The minimum absolute atomic E-state index is 0.0774. The summed E-state index contributed by atoms with van der Waals surface area (Å²) in [6.45, 7) is 2.25. The van der Waals surface area contributed by atoms with Crippen LogP contribution in [0.15, 0.2) is 24.3 Å². The summed E-state index contributed by atoms with van der Waals surface area (Å²) in [4.78, 5) is 38.8. The number of esters is 1. The van der Waals surface area contributed by atoms with E-state index in [1.54, 1.807) is 29.2 Å². The summed E-state index contributed by atoms with van der Waals surface area (Å²) < 4.78 is 6.78. The molecule has 9 heteroatoms. The minimum Gasteiger partial charge on any atom is -0.465 e. The molecule has 1 aromatic carbocycles. The Morgan fingerprint density at radius 3 is 2.45 bits per heavy atom. The number of methoxy groups -OCH3 is 1. The molecular weight excluding hydrogens is 422 g/mol. The molecule has 2 aliphatic rings. The molecule has 1 aliphatic heterocycles. The van der Waals surface area contributed by atoms with Crippen LogP contribution in [0.5, 0.6) is 0 Å². The zero-order chi connectivity index (χ0) is 23.2. The van der Waals surface area contributed by atoms with Crippen molar-refractivity contribution in [1.29, 1.82) is 0 Å². The number of nitrogens with zero attached hydrogens (tertiary/aromatic N) is 4. The number of amides is 2. The molecule has 2 heterocycles. The van der Waals surface area contributed by atoms with Gasteiger partial charge in [0.25, 0.3) is 5.91 Å². The molecule has 0 spiro atoms. The Kier molecular flexibility index (Phi) is 7.36. The highest BCUT2D eigenvalue weighted by Crippen LogP contribution is 2.23. The molecule has 2 aromatic rings. The molecule has 0 radical (unpaired) electrons. The highest BCUT2D eigenvalue weighted by molar-refractivity contribution is 5.96. The number of fused-ring (bicyclic) bond motifs is 1. The van der Waals surface area contributed by atoms with Gasteiger partial charge in [-0.05, 0) is 37.1 Å². The molecule has 1 saturated carbocycles. The molecule has 1 N–H and O–H groups in total. The maximum Gasteiger partial charge on any atom is 0.337 e. The lowest BCUT2D eigenvalue weighted by Gasteiger charge is -2.21. The van der Waals surface area contributed by atoms with Crippen molar-refractivity contribution < 1.29 is 19.1 Å². The van der Waals surface area contributed by atoms with Crippen LogP contribution >= 0.6 is 0 Å². The van der Waals surface area contributed by atoms with E-state index in [9.17, 15) is 14.4 Å². The summed E-state index contributed by atoms with van der Waals surface area (Å²) in [5, 5.41) is 11.7. The van der Waals surface area contributed by atoms with Gasteiger partial charge in [0.15, 0.2) is 0 Å². The highest BCUT2D eigenvalue weighted by Gasteiger charge is 2.24. The Bertz CT molecular complexity index is 995. The lowest BCUT2D eigenvalue weighted by molar-refractivity contribution is -0.125. The van der Waals surface area contributed by atoms with Gasteiger partial charge in [-0.15, -0.1) is 10.2 Å². The van der Waals surface area contributed by atoms with Gasteiger partial charge in [0.05, 0.1) is 12.7 Å². The first-order valence-electron chi connectivity index (χ1n) is 11.7. The van der Waals surface area contributed by atoms with Crippen molar-refractivity contribution in [3.8, 4) is 0 Å². The third-order valence-electron chi connectivity index (χ3n) is 6.57. The van der Waals surface area contributed by atoms with Gasteiger partial charge in [-0.3, -0.25) is 9.59 Å². The van der Waals surface area contributed by atoms with Gasteiger partial charge in [0.2, 0.25) is 5.91 Å². The van der Waals surface area contributed by atoms with Gasteiger partial charge in [-0.25, -0.2) is 4.79 Å². The van der Waals surface area contributed by atoms with Crippen LogP contribution in [0.4, 0.5) is 0 Å². The first-order chi connectivity index (χ1) is 16.1. The Balaban J connectivity index is 1.31. The van der Waals surface area contributed by atoms with Crippen LogP contribution in [0.2, 0.25) is 0 Å². The topological polar surface area (TPSA) is 106 Å². The van der Waals surface area contributed by atoms with Gasteiger partial charge in [-0.2, -0.15) is 0 Å². The second kappa shape index (κ2) is 10.6. The van der Waals surface area contributed by atoms with E-state index in [-0.39, 0.29) is 17.7 Å². The Morgan fingerprint density at radius 2 is 1.73 bits per heavy atom. The van der Waals surface area contributed by atoms with E-state index in [0.29, 0.717) is 50.1 Å². The largest absolute Gasteiger partial charge is 0.465 e. The Labute approximate surface area is 193 Å². The number of ether oxygens (including phenoxy) is 1. The molecule has 0 saturated heterocycles. The number of nitrogens with one attached hydrogen (secondary N) is 1. The molecular formula is C24H31N5O4. The average Bonchev–Trinajstić information content (AvgIpc) is 3.12. The second-order valence-electron chi connectivity index (χ2n) is 8.67. The number of hydrogen-bond acceptors (Lipinski definition) is 6. The maximum absolute atomic E-state index is 13.0. The van der Waals surface area contributed by atoms with Crippen molar-refractivity contribution in [3.63, 3.8) is 0 Å². The van der Waals surface area contributed by atoms with E-state index in [4.69, 9.17) is 4.74 Å². The first kappa shape index (κ1) is 22.9. The zero-order valence-corrected chi connectivity index (χ0v) is 19.1. The number of carbonyl (C=O) groups is 3. The number of carbonyl (C=O) groups excluding carboxylic acids is 3. The fraction of sp³-hybridized carbons (Fsp3) is 0.542. The minimum atomic E-state index is -0.427. The molecule has 1 aliphatic carbocycles. The van der Waals surface area contributed by atoms with Crippen molar-refractivity contribution in [1.82, 2.24) is 25.0 Å². The van der Waals surface area contributed by atoms with E-state index >= 15 is 0 Å². The summed E-state index contributed by atoms with van der Waals surface area (Å²) >= 11 is 0. The van der Waals surface area contributed by atoms with Crippen molar-refractivity contribution >= 4 is 17.8 Å². The fourth-order valence-corrected chi connectivity index (χ4v) is 4.63. The molecule has 0 bridgehead atoms. The summed E-state index contributed by atoms with van der Waals surface area (Å²) in [5.74, 6) is 1.50. The van der Waals surface area contributed by atoms with Crippen molar-refractivity contribution in [2.75, 3.05) is 26.7 Å². The van der Waals surface area contributed by atoms with E-state index in [0.717, 1.165) is 37.3 Å². The van der Waals surface area contributed by atoms with Crippen LogP contribution in [0, 0.1) is 5.92 Å². The molecule has 9 nitrogen and oxygen atoms in total. The van der Waals surface area contributed by atoms with E-state index in [2.05, 4.69) is 20.1 Å². The predicted octanol–water partition coefficient (Wildman–Crippen LogP) is 2.00. The third-order valence-corrected chi connectivity index (χ3v) is 6.57. The van der Waals surface area contributed by atoms with E-state index in [1.165, 1.54) is 13.5 Å². The standard InChI is InChI=1S/C24H31N5O4/c1-33-24(32)19-9-7-18(8-10-19)23(31)28-14-12-21-27-26-20(29(21)16-15-28)11-13-25-22(30)17-5-3-2-4-6-17/h7-10,17H,2-6,11-16H2,1H3,(H,25,30). The molecule has 2 amide bonds. The van der Waals surface area contributed by atoms with E-state index in [1.807, 2.05) is 0 Å². The second-order valence-corrected chi connectivity index (χ2v) is 8.67. The third kappa shape index (κ3) is 5.40. The molecule has 0 unspecified atom stereocenters. The normalized spacial score (nSPS) is 16.6. The number of hydrogen-bond donors (Lipinski definition) is 1. The monoisotopic (exact) mass is 453 g/mol. The predicted molar refractivity (Wildman–Crippen MR) is 121 cm³/mol. The summed E-state index contributed by atoms with van der Waals surface area (Å²) in [7, 11) is 1.33. The Hall–Kier alpha value is -3.23. The quantitative estimate of drug-likeness (QED) is 0.671. The lowest BCUT2D eigenvalue weighted by Crippen LogP contribution is -2.34. The van der Waals surface area contributed by atoms with Crippen LogP contribution in [0.3, 0.4) is 0 Å². The van der Waals surface area contributed by atoms with Crippen molar-refractivity contribution in [2.45, 2.75) is 51.5 Å². The fourth-order valence-electron chi connectivity index (χ4n) is 4.63. The van der Waals surface area contributed by atoms with E-state index < -0.39 is 5.97 Å². The van der Waals surface area contributed by atoms with Crippen LogP contribution in [-0.2, 0) is 28.9 Å². The number of aromatic nitrogens is 3. The summed E-state index contributed by atoms with van der Waals surface area (Å²) in [5.41, 5.74) is 0.947. The highest BCUT2D eigenvalue weighted by atomic mass is 16.5. The Morgan fingerprint density at radius 1 is 1.00 bits per heavy atom. The van der Waals surface area contributed by atoms with Gasteiger partial charge < -0.3 is 19.5 Å². The van der Waals surface area contributed by atoms with Gasteiger partial charge in [0.1, 0.15) is 11.6 Å². The van der Waals surface area contributed by atoms with Crippen molar-refractivity contribution in [2.24, 2.45) is 5.92 Å². The van der Waals surface area contributed by atoms with Crippen molar-refractivity contribution in [3.05, 3.63) is 47.0 Å². The van der Waals surface area contributed by atoms with Crippen LogP contribution in [0.1, 0.15) is 64.5 Å². The molecule has 1 fully saturated rings. The smallest absolute Gasteiger partial charge is 0.337 e. The van der Waals surface area contributed by atoms with Crippen LogP contribution in [0.25, 0.3) is 0 Å². The molecule has 176 valence electrons. The van der Waals surface area contributed by atoms with Gasteiger partial charge in [0, 0.05) is 50.5 Å². The maximum atomic E-state index is 13.0. The molecule has 4 rings (SSSR count). The molecule has 0 atom stereocenters. The van der Waals surface area contributed by atoms with Gasteiger partial charge in [-0.1, -0.05) is 19.3 Å². The average molecular weight is 454 g/mol. The number of rotatable bonds is 6. The lowest BCUT2D eigenvalue weighted by atomic mass is 9.89. The van der Waals surface area contributed by atoms with Crippen LogP contribution < -0.4 is 5.32 Å². The number of benzene rings is 1. The summed E-state index contributed by atoms with van der Waals surface area (Å²) in [6.07, 6.45) is 6.72. The summed E-state index contributed by atoms with van der Waals surface area (Å²) in [6, 6.07) is 6.51. The first-order valence-corrected chi connectivity index (χ1v) is 11.7. The van der Waals surface area contributed by atoms with Gasteiger partial charge >= 0.3 is 5.97 Å². The van der Waals surface area contributed by atoms with Crippen LogP contribution in [-0.4, -0.2) is 64.2 Å².